The Morgan fingerprint density at radius 2 is 1.20 bits per heavy atom. The van der Waals surface area contributed by atoms with Crippen molar-refractivity contribution in [3.05, 3.63) is 0 Å². The third-order valence-electron chi connectivity index (χ3n) is 3.77. The summed E-state index contributed by atoms with van der Waals surface area (Å²) in [7, 11) is -3.38. The standard InChI is InChI=1S/C15H34N2O2S/c1-3-5-7-8-9-10-11-12-14-20(18,19)15(16,17)13-6-4-2/h3-14,16-17H2,1-2H3. The second kappa shape index (κ2) is 10.6. The minimum absolute atomic E-state index is 0.124. The first kappa shape index (κ1) is 19.9. The van der Waals surface area contributed by atoms with Crippen LogP contribution < -0.4 is 11.5 Å². The molecule has 0 spiro atoms. The van der Waals surface area contributed by atoms with Crippen molar-refractivity contribution in [3.8, 4) is 0 Å². The predicted octanol–water partition coefficient (Wildman–Crippen LogP) is 3.30. The van der Waals surface area contributed by atoms with Crippen molar-refractivity contribution in [2.75, 3.05) is 5.75 Å². The van der Waals surface area contributed by atoms with E-state index in [-0.39, 0.29) is 5.75 Å². The van der Waals surface area contributed by atoms with Gasteiger partial charge in [-0.15, -0.1) is 0 Å². The van der Waals surface area contributed by atoms with Crippen molar-refractivity contribution in [3.63, 3.8) is 0 Å². The Hall–Kier alpha value is -0.130. The molecule has 0 unspecified atom stereocenters. The average molecular weight is 307 g/mol. The first-order valence-electron chi connectivity index (χ1n) is 8.17. The topological polar surface area (TPSA) is 86.2 Å². The first-order valence-corrected chi connectivity index (χ1v) is 9.82. The molecular weight excluding hydrogens is 272 g/mol. The third kappa shape index (κ3) is 8.22. The van der Waals surface area contributed by atoms with Crippen molar-refractivity contribution in [2.45, 2.75) is 89.5 Å². The molecule has 0 aliphatic carbocycles. The van der Waals surface area contributed by atoms with Crippen LogP contribution in [0.1, 0.15) is 84.5 Å². The molecule has 0 aliphatic heterocycles. The number of rotatable bonds is 13. The van der Waals surface area contributed by atoms with E-state index in [9.17, 15) is 8.42 Å². The van der Waals surface area contributed by atoms with E-state index in [1.807, 2.05) is 6.92 Å². The number of sulfone groups is 1. The van der Waals surface area contributed by atoms with E-state index in [4.69, 9.17) is 11.5 Å². The molecule has 0 aromatic carbocycles. The monoisotopic (exact) mass is 306 g/mol. The summed E-state index contributed by atoms with van der Waals surface area (Å²) in [5, 5.41) is 0. The molecule has 0 aliphatic rings. The summed E-state index contributed by atoms with van der Waals surface area (Å²) in [5.74, 6) is 0.124. The minimum atomic E-state index is -3.38. The van der Waals surface area contributed by atoms with Gasteiger partial charge in [-0.05, 0) is 19.3 Å². The van der Waals surface area contributed by atoms with Crippen molar-refractivity contribution in [1.82, 2.24) is 0 Å². The molecule has 0 aromatic heterocycles. The Balaban J connectivity index is 3.82. The smallest absolute Gasteiger partial charge is 0.182 e. The Bertz CT molecular complexity index is 327. The molecule has 0 heterocycles. The zero-order valence-corrected chi connectivity index (χ0v) is 14.2. The fraction of sp³-hybridized carbons (Fsp3) is 1.00. The van der Waals surface area contributed by atoms with E-state index in [0.717, 1.165) is 25.7 Å². The quantitative estimate of drug-likeness (QED) is 0.404. The van der Waals surface area contributed by atoms with Gasteiger partial charge in [-0.3, -0.25) is 0 Å². The van der Waals surface area contributed by atoms with Gasteiger partial charge in [0, 0.05) is 0 Å². The van der Waals surface area contributed by atoms with Gasteiger partial charge in [-0.25, -0.2) is 8.42 Å². The molecule has 122 valence electrons. The highest BCUT2D eigenvalue weighted by Gasteiger charge is 2.34. The van der Waals surface area contributed by atoms with Crippen LogP contribution >= 0.6 is 0 Å². The molecule has 5 heteroatoms. The lowest BCUT2D eigenvalue weighted by molar-refractivity contribution is 0.481. The molecule has 4 nitrogen and oxygen atoms in total. The van der Waals surface area contributed by atoms with Crippen LogP contribution in [-0.2, 0) is 9.84 Å². The molecule has 4 N–H and O–H groups in total. The molecule has 0 radical (unpaired) electrons. The van der Waals surface area contributed by atoms with Gasteiger partial charge in [0.25, 0.3) is 0 Å². The molecular formula is C15H34N2O2S. The van der Waals surface area contributed by atoms with Crippen LogP contribution in [0.15, 0.2) is 0 Å². The van der Waals surface area contributed by atoms with Crippen LogP contribution in [-0.4, -0.2) is 19.2 Å². The summed E-state index contributed by atoms with van der Waals surface area (Å²) in [6.07, 6.45) is 11.1. The Labute approximate surface area is 125 Å². The van der Waals surface area contributed by atoms with Gasteiger partial charge in [0.2, 0.25) is 0 Å². The van der Waals surface area contributed by atoms with E-state index in [1.54, 1.807) is 0 Å². The van der Waals surface area contributed by atoms with Crippen LogP contribution in [0, 0.1) is 0 Å². The second-order valence-electron chi connectivity index (χ2n) is 5.85. The van der Waals surface area contributed by atoms with E-state index >= 15 is 0 Å². The fourth-order valence-electron chi connectivity index (χ4n) is 2.22. The van der Waals surface area contributed by atoms with Gasteiger partial charge in [0.1, 0.15) is 0 Å². The fourth-order valence-corrected chi connectivity index (χ4v) is 3.64. The second-order valence-corrected chi connectivity index (χ2v) is 8.25. The van der Waals surface area contributed by atoms with Gasteiger partial charge < -0.3 is 11.5 Å². The van der Waals surface area contributed by atoms with Crippen molar-refractivity contribution in [1.29, 1.82) is 0 Å². The average Bonchev–Trinajstić information content (AvgIpc) is 2.39. The van der Waals surface area contributed by atoms with Gasteiger partial charge >= 0.3 is 0 Å². The SMILES string of the molecule is CCCCCCCCCCS(=O)(=O)C(N)(N)CCCC. The highest BCUT2D eigenvalue weighted by molar-refractivity contribution is 7.92. The van der Waals surface area contributed by atoms with Gasteiger partial charge in [-0.1, -0.05) is 65.2 Å². The van der Waals surface area contributed by atoms with E-state index < -0.39 is 14.8 Å². The maximum Gasteiger partial charge on any atom is 0.182 e. The molecule has 0 saturated heterocycles. The normalized spacial score (nSPS) is 12.8. The van der Waals surface area contributed by atoms with E-state index in [2.05, 4.69) is 6.92 Å². The lowest BCUT2D eigenvalue weighted by Crippen LogP contribution is -2.56. The molecule has 0 saturated carbocycles. The highest BCUT2D eigenvalue weighted by Crippen LogP contribution is 2.16. The molecule has 0 bridgehead atoms. The van der Waals surface area contributed by atoms with Gasteiger partial charge in [-0.2, -0.15) is 0 Å². The predicted molar refractivity (Wildman–Crippen MR) is 87.0 cm³/mol. The van der Waals surface area contributed by atoms with Crippen molar-refractivity contribution < 1.29 is 8.42 Å². The number of unbranched alkanes of at least 4 members (excludes halogenated alkanes) is 8. The van der Waals surface area contributed by atoms with Crippen LogP contribution in [0.25, 0.3) is 0 Å². The Morgan fingerprint density at radius 1 is 0.750 bits per heavy atom. The van der Waals surface area contributed by atoms with Crippen molar-refractivity contribution in [2.24, 2.45) is 11.5 Å². The molecule has 20 heavy (non-hydrogen) atoms. The number of nitrogens with two attached hydrogens (primary N) is 2. The Morgan fingerprint density at radius 3 is 1.70 bits per heavy atom. The maximum atomic E-state index is 12.1. The van der Waals surface area contributed by atoms with Crippen LogP contribution in [0.2, 0.25) is 0 Å². The third-order valence-corrected chi connectivity index (χ3v) is 5.96. The largest absolute Gasteiger partial charge is 0.301 e. The first-order chi connectivity index (χ1) is 9.37. The minimum Gasteiger partial charge on any atom is -0.301 e. The zero-order chi connectivity index (χ0) is 15.5. The lowest BCUT2D eigenvalue weighted by atomic mass is 10.1. The molecule has 0 atom stereocenters. The lowest BCUT2D eigenvalue weighted by Gasteiger charge is -2.24. The van der Waals surface area contributed by atoms with Crippen LogP contribution in [0.5, 0.6) is 0 Å². The number of hydrogen-bond acceptors (Lipinski definition) is 4. The van der Waals surface area contributed by atoms with E-state index in [0.29, 0.717) is 12.8 Å². The molecule has 0 rings (SSSR count). The van der Waals surface area contributed by atoms with Gasteiger partial charge in [0.05, 0.1) is 5.75 Å². The zero-order valence-electron chi connectivity index (χ0n) is 13.4. The summed E-state index contributed by atoms with van der Waals surface area (Å²) in [6, 6.07) is 0. The molecule has 0 amide bonds. The Kier molecular flexibility index (Phi) is 10.5. The van der Waals surface area contributed by atoms with E-state index in [1.165, 1.54) is 32.1 Å². The molecule has 0 fully saturated rings. The summed E-state index contributed by atoms with van der Waals surface area (Å²) in [6.45, 7) is 4.20. The van der Waals surface area contributed by atoms with Crippen LogP contribution in [0.4, 0.5) is 0 Å². The number of hydrogen-bond donors (Lipinski definition) is 2. The molecule has 0 aromatic rings. The summed E-state index contributed by atoms with van der Waals surface area (Å²) in [4.78, 5) is -1.54. The van der Waals surface area contributed by atoms with Gasteiger partial charge in [0.15, 0.2) is 14.8 Å². The maximum absolute atomic E-state index is 12.1. The summed E-state index contributed by atoms with van der Waals surface area (Å²) < 4.78 is 24.2. The summed E-state index contributed by atoms with van der Waals surface area (Å²) >= 11 is 0. The summed E-state index contributed by atoms with van der Waals surface area (Å²) in [5.41, 5.74) is 11.5. The highest BCUT2D eigenvalue weighted by atomic mass is 32.2. The van der Waals surface area contributed by atoms with Crippen molar-refractivity contribution >= 4 is 9.84 Å². The van der Waals surface area contributed by atoms with Crippen LogP contribution in [0.3, 0.4) is 0 Å².